The number of aryl methyl sites for hydroxylation is 1. The lowest BCUT2D eigenvalue weighted by molar-refractivity contribution is 0.222. The highest BCUT2D eigenvalue weighted by atomic mass is 35.5. The second-order valence-electron chi connectivity index (χ2n) is 4.07. The second-order valence-corrected chi connectivity index (χ2v) is 4.48. The summed E-state index contributed by atoms with van der Waals surface area (Å²) in [6.07, 6.45) is 1.84. The van der Waals surface area contributed by atoms with Crippen LogP contribution in [0.1, 0.15) is 24.5 Å². The highest BCUT2D eigenvalue weighted by molar-refractivity contribution is 6.32. The van der Waals surface area contributed by atoms with E-state index in [1.165, 1.54) is 5.56 Å². The molecule has 1 aromatic carbocycles. The number of halogens is 1. The zero-order chi connectivity index (χ0) is 12.1. The van der Waals surface area contributed by atoms with E-state index >= 15 is 0 Å². The van der Waals surface area contributed by atoms with Crippen molar-refractivity contribution in [3.8, 4) is 5.75 Å². The quantitative estimate of drug-likeness (QED) is 0.859. The van der Waals surface area contributed by atoms with E-state index in [4.69, 9.17) is 16.3 Å². The van der Waals surface area contributed by atoms with Crippen molar-refractivity contribution in [2.75, 3.05) is 13.7 Å². The molecule has 1 aromatic rings. The molecule has 0 saturated heterocycles. The molecule has 16 heavy (non-hydrogen) atoms. The Hall–Kier alpha value is -0.730. The van der Waals surface area contributed by atoms with Crippen LogP contribution in [0.3, 0.4) is 0 Å². The Kier molecular flexibility index (Phi) is 5.10. The zero-order valence-corrected chi connectivity index (χ0v) is 10.8. The van der Waals surface area contributed by atoms with Crippen molar-refractivity contribution in [3.05, 3.63) is 28.3 Å². The second kappa shape index (κ2) is 6.12. The van der Waals surface area contributed by atoms with Gasteiger partial charge in [0.05, 0.1) is 12.1 Å². The molecule has 0 aliphatic heterocycles. The molecule has 90 valence electrons. The van der Waals surface area contributed by atoms with Crippen molar-refractivity contribution in [2.45, 2.75) is 26.7 Å². The Labute approximate surface area is 102 Å². The molecule has 2 nitrogen and oxygen atoms in total. The standard InChI is InChI=1S/C13H19ClO2/c1-4-10(8-15)6-11-7-12(14)13(16-3)5-9(11)2/h5,7,10,15H,4,6,8H2,1-3H3. The Morgan fingerprint density at radius 1 is 1.44 bits per heavy atom. The Morgan fingerprint density at radius 3 is 2.62 bits per heavy atom. The molecule has 0 heterocycles. The molecule has 1 unspecified atom stereocenters. The summed E-state index contributed by atoms with van der Waals surface area (Å²) < 4.78 is 5.16. The molecule has 0 aliphatic rings. The van der Waals surface area contributed by atoms with Crippen molar-refractivity contribution >= 4 is 11.6 Å². The van der Waals surface area contributed by atoms with Crippen molar-refractivity contribution in [1.29, 1.82) is 0 Å². The van der Waals surface area contributed by atoms with E-state index in [1.807, 2.05) is 19.1 Å². The third kappa shape index (κ3) is 3.13. The molecular weight excluding hydrogens is 224 g/mol. The summed E-state index contributed by atoms with van der Waals surface area (Å²) >= 11 is 6.08. The minimum Gasteiger partial charge on any atom is -0.495 e. The number of ether oxygens (including phenoxy) is 1. The van der Waals surface area contributed by atoms with E-state index in [0.717, 1.165) is 18.4 Å². The fourth-order valence-corrected chi connectivity index (χ4v) is 1.98. The molecule has 0 aliphatic carbocycles. The average molecular weight is 243 g/mol. The maximum atomic E-state index is 9.19. The fourth-order valence-electron chi connectivity index (χ4n) is 1.72. The molecule has 0 spiro atoms. The van der Waals surface area contributed by atoms with Gasteiger partial charge in [0.25, 0.3) is 0 Å². The molecule has 0 amide bonds. The summed E-state index contributed by atoms with van der Waals surface area (Å²) in [6, 6.07) is 3.88. The summed E-state index contributed by atoms with van der Waals surface area (Å²) in [5.74, 6) is 1.02. The first kappa shape index (κ1) is 13.3. The summed E-state index contributed by atoms with van der Waals surface area (Å²) in [4.78, 5) is 0. The molecule has 3 heteroatoms. The minimum absolute atomic E-state index is 0.222. The number of methoxy groups -OCH3 is 1. The van der Waals surface area contributed by atoms with Gasteiger partial charge in [-0.05, 0) is 42.5 Å². The van der Waals surface area contributed by atoms with Crippen LogP contribution >= 0.6 is 11.6 Å². The van der Waals surface area contributed by atoms with Gasteiger partial charge < -0.3 is 9.84 Å². The van der Waals surface area contributed by atoms with Crippen LogP contribution in [0.5, 0.6) is 5.75 Å². The van der Waals surface area contributed by atoms with Gasteiger partial charge in [-0.25, -0.2) is 0 Å². The van der Waals surface area contributed by atoms with Gasteiger partial charge in [-0.2, -0.15) is 0 Å². The van der Waals surface area contributed by atoms with Gasteiger partial charge in [0.1, 0.15) is 5.75 Å². The number of hydrogen-bond acceptors (Lipinski definition) is 2. The van der Waals surface area contributed by atoms with Crippen LogP contribution in [0.2, 0.25) is 5.02 Å². The average Bonchev–Trinajstić information content (AvgIpc) is 2.29. The maximum absolute atomic E-state index is 9.19. The van der Waals surface area contributed by atoms with Gasteiger partial charge in [0.2, 0.25) is 0 Å². The summed E-state index contributed by atoms with van der Waals surface area (Å²) in [6.45, 7) is 4.35. The first-order valence-electron chi connectivity index (χ1n) is 5.56. The van der Waals surface area contributed by atoms with Gasteiger partial charge in [-0.15, -0.1) is 0 Å². The zero-order valence-electron chi connectivity index (χ0n) is 10.1. The molecule has 1 rings (SSSR count). The Balaban J connectivity index is 2.92. The number of aliphatic hydroxyl groups is 1. The van der Waals surface area contributed by atoms with Crippen LogP contribution in [-0.4, -0.2) is 18.8 Å². The smallest absolute Gasteiger partial charge is 0.137 e. The van der Waals surface area contributed by atoms with Gasteiger partial charge >= 0.3 is 0 Å². The van der Waals surface area contributed by atoms with E-state index < -0.39 is 0 Å². The van der Waals surface area contributed by atoms with E-state index in [9.17, 15) is 5.11 Å². The van der Waals surface area contributed by atoms with Crippen LogP contribution in [0.25, 0.3) is 0 Å². The predicted molar refractivity (Wildman–Crippen MR) is 67.3 cm³/mol. The molecule has 1 N–H and O–H groups in total. The number of hydrogen-bond donors (Lipinski definition) is 1. The van der Waals surface area contributed by atoms with Crippen LogP contribution in [0.4, 0.5) is 0 Å². The number of rotatable bonds is 5. The van der Waals surface area contributed by atoms with E-state index in [-0.39, 0.29) is 6.61 Å². The van der Waals surface area contributed by atoms with E-state index in [1.54, 1.807) is 7.11 Å². The van der Waals surface area contributed by atoms with Gasteiger partial charge in [-0.3, -0.25) is 0 Å². The normalized spacial score (nSPS) is 12.6. The van der Waals surface area contributed by atoms with Crippen LogP contribution in [-0.2, 0) is 6.42 Å². The molecule has 0 aromatic heterocycles. The largest absolute Gasteiger partial charge is 0.495 e. The Morgan fingerprint density at radius 2 is 2.12 bits per heavy atom. The highest BCUT2D eigenvalue weighted by Gasteiger charge is 2.11. The van der Waals surface area contributed by atoms with E-state index in [0.29, 0.717) is 16.7 Å². The first-order chi connectivity index (χ1) is 7.62. The number of benzene rings is 1. The lowest BCUT2D eigenvalue weighted by Gasteiger charge is -2.15. The van der Waals surface area contributed by atoms with Gasteiger partial charge in [0.15, 0.2) is 0 Å². The first-order valence-corrected chi connectivity index (χ1v) is 5.94. The topological polar surface area (TPSA) is 29.5 Å². The predicted octanol–water partition coefficient (Wildman–Crippen LogP) is 3.22. The fraction of sp³-hybridized carbons (Fsp3) is 0.538. The molecule has 0 saturated carbocycles. The lowest BCUT2D eigenvalue weighted by Crippen LogP contribution is -2.09. The third-order valence-corrected chi connectivity index (χ3v) is 3.25. The van der Waals surface area contributed by atoms with Crippen molar-refractivity contribution in [3.63, 3.8) is 0 Å². The van der Waals surface area contributed by atoms with Gasteiger partial charge in [0, 0.05) is 6.61 Å². The molecule has 0 bridgehead atoms. The monoisotopic (exact) mass is 242 g/mol. The van der Waals surface area contributed by atoms with Crippen LogP contribution in [0.15, 0.2) is 12.1 Å². The molecule has 0 fully saturated rings. The summed E-state index contributed by atoms with van der Waals surface area (Å²) in [5, 5.41) is 9.83. The SMILES string of the molecule is CCC(CO)Cc1cc(Cl)c(OC)cc1C. The summed E-state index contributed by atoms with van der Waals surface area (Å²) in [7, 11) is 1.61. The third-order valence-electron chi connectivity index (χ3n) is 2.95. The van der Waals surface area contributed by atoms with Crippen LogP contribution < -0.4 is 4.74 Å². The lowest BCUT2D eigenvalue weighted by atomic mass is 9.95. The summed E-state index contributed by atoms with van der Waals surface area (Å²) in [5.41, 5.74) is 2.35. The minimum atomic E-state index is 0.222. The molecule has 0 radical (unpaired) electrons. The van der Waals surface area contributed by atoms with Gasteiger partial charge in [-0.1, -0.05) is 24.9 Å². The number of aliphatic hydroxyl groups excluding tert-OH is 1. The highest BCUT2D eigenvalue weighted by Crippen LogP contribution is 2.29. The van der Waals surface area contributed by atoms with Crippen molar-refractivity contribution in [2.24, 2.45) is 5.92 Å². The van der Waals surface area contributed by atoms with Crippen LogP contribution in [0, 0.1) is 12.8 Å². The molecule has 1 atom stereocenters. The van der Waals surface area contributed by atoms with Crippen molar-refractivity contribution in [1.82, 2.24) is 0 Å². The Bertz CT molecular complexity index is 346. The van der Waals surface area contributed by atoms with E-state index in [2.05, 4.69) is 6.92 Å². The maximum Gasteiger partial charge on any atom is 0.137 e. The molecular formula is C13H19ClO2. The van der Waals surface area contributed by atoms with Crippen molar-refractivity contribution < 1.29 is 9.84 Å².